The van der Waals surface area contributed by atoms with Crippen LogP contribution in [0.15, 0.2) is 53.5 Å². The summed E-state index contributed by atoms with van der Waals surface area (Å²) in [6.07, 6.45) is 0. The lowest BCUT2D eigenvalue weighted by Crippen LogP contribution is -1.94. The molecular formula is C15H14FNO. The van der Waals surface area contributed by atoms with Gasteiger partial charge in [-0.15, -0.1) is 0 Å². The van der Waals surface area contributed by atoms with E-state index in [2.05, 4.69) is 4.99 Å². The summed E-state index contributed by atoms with van der Waals surface area (Å²) < 4.78 is 18.1. The van der Waals surface area contributed by atoms with Crippen molar-refractivity contribution in [3.8, 4) is 5.75 Å². The fourth-order valence-electron chi connectivity index (χ4n) is 1.66. The first-order valence-corrected chi connectivity index (χ1v) is 5.65. The standard InChI is InChI=1S/C15H14FNO/c1-11(12-7-9-13(16)10-8-12)17-14-5-3-4-6-15(14)18-2/h3-10H,1-2H3/b17-11-. The highest BCUT2D eigenvalue weighted by molar-refractivity contribution is 6.00. The van der Waals surface area contributed by atoms with Crippen LogP contribution in [0.1, 0.15) is 12.5 Å². The maximum Gasteiger partial charge on any atom is 0.144 e. The number of methoxy groups -OCH3 is 1. The van der Waals surface area contributed by atoms with Crippen molar-refractivity contribution in [1.29, 1.82) is 0 Å². The summed E-state index contributed by atoms with van der Waals surface area (Å²) in [5.41, 5.74) is 2.48. The van der Waals surface area contributed by atoms with E-state index in [1.807, 2.05) is 31.2 Å². The molecule has 0 aliphatic heterocycles. The average molecular weight is 243 g/mol. The molecule has 0 unspecified atom stereocenters. The lowest BCUT2D eigenvalue weighted by atomic mass is 10.1. The van der Waals surface area contributed by atoms with Gasteiger partial charge in [0.1, 0.15) is 17.3 Å². The molecule has 0 saturated heterocycles. The Morgan fingerprint density at radius 2 is 1.72 bits per heavy atom. The van der Waals surface area contributed by atoms with Crippen LogP contribution in [0, 0.1) is 5.82 Å². The number of hydrogen-bond acceptors (Lipinski definition) is 2. The van der Waals surface area contributed by atoms with Crippen LogP contribution in [0.2, 0.25) is 0 Å². The normalized spacial score (nSPS) is 11.4. The van der Waals surface area contributed by atoms with E-state index in [4.69, 9.17) is 4.74 Å². The van der Waals surface area contributed by atoms with Crippen LogP contribution in [0.4, 0.5) is 10.1 Å². The Balaban J connectivity index is 2.35. The molecule has 92 valence electrons. The van der Waals surface area contributed by atoms with E-state index in [0.29, 0.717) is 0 Å². The minimum Gasteiger partial charge on any atom is -0.494 e. The lowest BCUT2D eigenvalue weighted by molar-refractivity contribution is 0.416. The van der Waals surface area contributed by atoms with Gasteiger partial charge in [0.2, 0.25) is 0 Å². The van der Waals surface area contributed by atoms with Crippen molar-refractivity contribution in [3.05, 3.63) is 59.9 Å². The number of aliphatic imine (C=N–C) groups is 1. The predicted molar refractivity (Wildman–Crippen MR) is 71.3 cm³/mol. The molecule has 0 aromatic heterocycles. The number of hydrogen-bond donors (Lipinski definition) is 0. The molecule has 2 rings (SSSR count). The quantitative estimate of drug-likeness (QED) is 0.747. The molecule has 0 N–H and O–H groups in total. The first kappa shape index (κ1) is 12.3. The van der Waals surface area contributed by atoms with E-state index >= 15 is 0 Å². The van der Waals surface area contributed by atoms with Crippen molar-refractivity contribution in [2.75, 3.05) is 7.11 Å². The Bertz CT molecular complexity index is 561. The van der Waals surface area contributed by atoms with Crippen molar-refractivity contribution in [1.82, 2.24) is 0 Å². The molecular weight excluding hydrogens is 229 g/mol. The molecule has 0 fully saturated rings. The molecule has 18 heavy (non-hydrogen) atoms. The topological polar surface area (TPSA) is 21.6 Å². The summed E-state index contributed by atoms with van der Waals surface area (Å²) in [7, 11) is 1.61. The van der Waals surface area contributed by atoms with Crippen LogP contribution < -0.4 is 4.74 Å². The maximum absolute atomic E-state index is 12.8. The zero-order valence-electron chi connectivity index (χ0n) is 10.4. The second kappa shape index (κ2) is 5.45. The van der Waals surface area contributed by atoms with Crippen LogP contribution in [0.3, 0.4) is 0 Å². The molecule has 0 saturated carbocycles. The van der Waals surface area contributed by atoms with Crippen LogP contribution in [0.5, 0.6) is 5.75 Å². The zero-order chi connectivity index (χ0) is 13.0. The van der Waals surface area contributed by atoms with E-state index in [0.717, 1.165) is 22.7 Å². The highest BCUT2D eigenvalue weighted by Gasteiger charge is 2.02. The summed E-state index contributed by atoms with van der Waals surface area (Å²) in [4.78, 5) is 4.50. The fourth-order valence-corrected chi connectivity index (χ4v) is 1.66. The molecule has 0 aliphatic carbocycles. The molecule has 2 aromatic rings. The van der Waals surface area contributed by atoms with Gasteiger partial charge in [0, 0.05) is 5.71 Å². The minimum absolute atomic E-state index is 0.246. The number of ether oxygens (including phenoxy) is 1. The van der Waals surface area contributed by atoms with Gasteiger partial charge in [-0.2, -0.15) is 0 Å². The summed E-state index contributed by atoms with van der Waals surface area (Å²) in [6, 6.07) is 13.8. The van der Waals surface area contributed by atoms with Gasteiger partial charge in [0.15, 0.2) is 0 Å². The van der Waals surface area contributed by atoms with E-state index in [9.17, 15) is 4.39 Å². The Kier molecular flexibility index (Phi) is 3.72. The lowest BCUT2D eigenvalue weighted by Gasteiger charge is -2.05. The number of rotatable bonds is 3. The van der Waals surface area contributed by atoms with E-state index in [1.165, 1.54) is 12.1 Å². The second-order valence-electron chi connectivity index (χ2n) is 3.88. The van der Waals surface area contributed by atoms with Gasteiger partial charge in [-0.05, 0) is 36.8 Å². The molecule has 3 heteroatoms. The monoisotopic (exact) mass is 243 g/mol. The van der Waals surface area contributed by atoms with Crippen molar-refractivity contribution in [2.45, 2.75) is 6.92 Å². The molecule has 0 aliphatic rings. The molecule has 0 bridgehead atoms. The average Bonchev–Trinajstić information content (AvgIpc) is 2.40. The number of benzene rings is 2. The Hall–Kier alpha value is -2.16. The van der Waals surface area contributed by atoms with Gasteiger partial charge >= 0.3 is 0 Å². The van der Waals surface area contributed by atoms with Gasteiger partial charge in [-0.1, -0.05) is 24.3 Å². The fraction of sp³-hybridized carbons (Fsp3) is 0.133. The second-order valence-corrected chi connectivity index (χ2v) is 3.88. The van der Waals surface area contributed by atoms with Gasteiger partial charge in [-0.3, -0.25) is 0 Å². The van der Waals surface area contributed by atoms with Crippen LogP contribution in [-0.4, -0.2) is 12.8 Å². The van der Waals surface area contributed by atoms with Crippen LogP contribution in [0.25, 0.3) is 0 Å². The molecule has 0 atom stereocenters. The number of para-hydroxylation sites is 2. The van der Waals surface area contributed by atoms with E-state index in [1.54, 1.807) is 19.2 Å². The summed E-state index contributed by atoms with van der Waals surface area (Å²) >= 11 is 0. The van der Waals surface area contributed by atoms with Gasteiger partial charge in [-0.25, -0.2) is 9.38 Å². The SMILES string of the molecule is COc1ccccc1/N=C(/C)c1ccc(F)cc1. The summed E-state index contributed by atoms with van der Waals surface area (Å²) in [6.45, 7) is 1.89. The maximum atomic E-state index is 12.8. The largest absolute Gasteiger partial charge is 0.494 e. The molecule has 2 aromatic carbocycles. The van der Waals surface area contributed by atoms with Crippen molar-refractivity contribution >= 4 is 11.4 Å². The van der Waals surface area contributed by atoms with Crippen LogP contribution in [-0.2, 0) is 0 Å². The minimum atomic E-state index is -0.246. The van der Waals surface area contributed by atoms with Gasteiger partial charge in [0.05, 0.1) is 7.11 Å². The van der Waals surface area contributed by atoms with E-state index in [-0.39, 0.29) is 5.82 Å². The highest BCUT2D eigenvalue weighted by atomic mass is 19.1. The smallest absolute Gasteiger partial charge is 0.144 e. The molecule has 2 nitrogen and oxygen atoms in total. The summed E-state index contributed by atoms with van der Waals surface area (Å²) in [5, 5.41) is 0. The number of nitrogens with zero attached hydrogens (tertiary/aromatic N) is 1. The highest BCUT2D eigenvalue weighted by Crippen LogP contribution is 2.27. The summed E-state index contributed by atoms with van der Waals surface area (Å²) in [5.74, 6) is 0.475. The molecule has 0 radical (unpaired) electrons. The van der Waals surface area contributed by atoms with Gasteiger partial charge < -0.3 is 4.74 Å². The third-order valence-corrected chi connectivity index (χ3v) is 2.64. The van der Waals surface area contributed by atoms with Crippen molar-refractivity contribution in [2.24, 2.45) is 4.99 Å². The number of halogens is 1. The predicted octanol–water partition coefficient (Wildman–Crippen LogP) is 3.98. The Morgan fingerprint density at radius 3 is 2.39 bits per heavy atom. The third kappa shape index (κ3) is 2.74. The van der Waals surface area contributed by atoms with E-state index < -0.39 is 0 Å². The van der Waals surface area contributed by atoms with Crippen molar-refractivity contribution in [3.63, 3.8) is 0 Å². The molecule has 0 amide bonds. The van der Waals surface area contributed by atoms with Crippen molar-refractivity contribution < 1.29 is 9.13 Å². The molecule has 0 spiro atoms. The first-order valence-electron chi connectivity index (χ1n) is 5.65. The Labute approximate surface area is 106 Å². The third-order valence-electron chi connectivity index (χ3n) is 2.64. The Morgan fingerprint density at radius 1 is 1.06 bits per heavy atom. The zero-order valence-corrected chi connectivity index (χ0v) is 10.4. The molecule has 0 heterocycles. The van der Waals surface area contributed by atoms with Crippen LogP contribution >= 0.6 is 0 Å². The van der Waals surface area contributed by atoms with Gasteiger partial charge in [0.25, 0.3) is 0 Å². The first-order chi connectivity index (χ1) is 8.70.